The van der Waals surface area contributed by atoms with Gasteiger partial charge in [-0.1, -0.05) is 46.4 Å². The summed E-state index contributed by atoms with van der Waals surface area (Å²) in [6, 6.07) is 7.27. The standard InChI is InChI=1S/C16H16Cl4N2/c1-3-21-9-5-11(17)15(12(18)6-9)16-13(19)7-10(22-4-2)8-14(16)20/h5-8,21-22H,3-4H2,1-2H3. The predicted molar refractivity (Wildman–Crippen MR) is 100 cm³/mol. The van der Waals surface area contributed by atoms with E-state index in [2.05, 4.69) is 10.6 Å². The molecule has 2 aromatic rings. The molecular formula is C16H16Cl4N2. The zero-order chi connectivity index (χ0) is 16.3. The van der Waals surface area contributed by atoms with Crippen LogP contribution >= 0.6 is 46.4 Å². The average molecular weight is 378 g/mol. The Kier molecular flexibility index (Phi) is 6.10. The summed E-state index contributed by atoms with van der Waals surface area (Å²) in [6.07, 6.45) is 0. The molecule has 2 rings (SSSR count). The molecule has 0 aliphatic heterocycles. The normalized spacial score (nSPS) is 10.6. The minimum absolute atomic E-state index is 0.503. The molecule has 0 saturated heterocycles. The Morgan fingerprint density at radius 1 is 0.636 bits per heavy atom. The molecule has 0 aromatic heterocycles. The molecule has 0 unspecified atom stereocenters. The van der Waals surface area contributed by atoms with Gasteiger partial charge in [0.2, 0.25) is 0 Å². The first-order valence-electron chi connectivity index (χ1n) is 6.94. The van der Waals surface area contributed by atoms with Crippen LogP contribution in [-0.2, 0) is 0 Å². The van der Waals surface area contributed by atoms with Crippen LogP contribution < -0.4 is 10.6 Å². The molecule has 0 saturated carbocycles. The third-order valence-corrected chi connectivity index (χ3v) is 4.29. The minimum Gasteiger partial charge on any atom is -0.385 e. The summed E-state index contributed by atoms with van der Waals surface area (Å²) in [5.74, 6) is 0. The molecule has 2 N–H and O–H groups in total. The first kappa shape index (κ1) is 17.6. The van der Waals surface area contributed by atoms with Crippen LogP contribution in [0.25, 0.3) is 11.1 Å². The Hall–Kier alpha value is -0.800. The second-order valence-corrected chi connectivity index (χ2v) is 6.32. The molecule has 0 aliphatic rings. The van der Waals surface area contributed by atoms with Gasteiger partial charge < -0.3 is 10.6 Å². The number of halogens is 4. The van der Waals surface area contributed by atoms with E-state index in [1.165, 1.54) is 0 Å². The van der Waals surface area contributed by atoms with Gasteiger partial charge in [-0.2, -0.15) is 0 Å². The summed E-state index contributed by atoms with van der Waals surface area (Å²) in [7, 11) is 0. The second-order valence-electron chi connectivity index (χ2n) is 4.69. The molecule has 2 aromatic carbocycles. The van der Waals surface area contributed by atoms with Crippen molar-refractivity contribution in [1.82, 2.24) is 0 Å². The molecule has 0 amide bonds. The molecule has 22 heavy (non-hydrogen) atoms. The van der Waals surface area contributed by atoms with Gasteiger partial charge in [-0.3, -0.25) is 0 Å². The van der Waals surface area contributed by atoms with Crippen LogP contribution in [0.5, 0.6) is 0 Å². The van der Waals surface area contributed by atoms with Gasteiger partial charge >= 0.3 is 0 Å². The van der Waals surface area contributed by atoms with Crippen molar-refractivity contribution in [1.29, 1.82) is 0 Å². The Labute approximate surface area is 150 Å². The summed E-state index contributed by atoms with van der Waals surface area (Å²) in [6.45, 7) is 5.57. The van der Waals surface area contributed by atoms with E-state index in [-0.39, 0.29) is 0 Å². The first-order valence-corrected chi connectivity index (χ1v) is 8.45. The molecule has 118 valence electrons. The Morgan fingerprint density at radius 3 is 1.14 bits per heavy atom. The van der Waals surface area contributed by atoms with Crippen LogP contribution in [0, 0.1) is 0 Å². The van der Waals surface area contributed by atoms with Crippen LogP contribution in [0.15, 0.2) is 24.3 Å². The molecular weight excluding hydrogens is 362 g/mol. The topological polar surface area (TPSA) is 24.1 Å². The zero-order valence-electron chi connectivity index (χ0n) is 12.2. The predicted octanol–water partition coefficient (Wildman–Crippen LogP) is 6.83. The van der Waals surface area contributed by atoms with Gasteiger partial charge in [-0.15, -0.1) is 0 Å². The van der Waals surface area contributed by atoms with Crippen molar-refractivity contribution in [3.05, 3.63) is 44.4 Å². The van der Waals surface area contributed by atoms with Gasteiger partial charge in [-0.25, -0.2) is 0 Å². The largest absolute Gasteiger partial charge is 0.385 e. The number of benzene rings is 2. The van der Waals surface area contributed by atoms with Crippen LogP contribution in [-0.4, -0.2) is 13.1 Å². The van der Waals surface area contributed by atoms with Gasteiger partial charge in [0.15, 0.2) is 0 Å². The molecule has 0 spiro atoms. The fourth-order valence-corrected chi connectivity index (χ4v) is 3.59. The number of hydrogen-bond donors (Lipinski definition) is 2. The highest BCUT2D eigenvalue weighted by Crippen LogP contribution is 2.45. The lowest BCUT2D eigenvalue weighted by molar-refractivity contribution is 1.21. The average Bonchev–Trinajstić information content (AvgIpc) is 2.41. The van der Waals surface area contributed by atoms with Crippen molar-refractivity contribution >= 4 is 57.8 Å². The van der Waals surface area contributed by atoms with Crippen molar-refractivity contribution in [3.8, 4) is 11.1 Å². The lowest BCUT2D eigenvalue weighted by atomic mass is 10.0. The number of anilines is 2. The minimum atomic E-state index is 0.503. The van der Waals surface area contributed by atoms with Crippen LogP contribution in [0.3, 0.4) is 0 Å². The monoisotopic (exact) mass is 376 g/mol. The van der Waals surface area contributed by atoms with Crippen molar-refractivity contribution in [3.63, 3.8) is 0 Å². The van der Waals surface area contributed by atoms with Crippen molar-refractivity contribution in [2.24, 2.45) is 0 Å². The van der Waals surface area contributed by atoms with E-state index >= 15 is 0 Å². The highest BCUT2D eigenvalue weighted by atomic mass is 35.5. The fraction of sp³-hybridized carbons (Fsp3) is 0.250. The van der Waals surface area contributed by atoms with Crippen molar-refractivity contribution < 1.29 is 0 Å². The van der Waals surface area contributed by atoms with E-state index in [1.807, 2.05) is 38.1 Å². The molecule has 0 radical (unpaired) electrons. The Balaban J connectivity index is 2.57. The quantitative estimate of drug-likeness (QED) is 0.596. The van der Waals surface area contributed by atoms with E-state index in [0.717, 1.165) is 24.5 Å². The number of nitrogens with one attached hydrogen (secondary N) is 2. The van der Waals surface area contributed by atoms with Crippen molar-refractivity contribution in [2.75, 3.05) is 23.7 Å². The van der Waals surface area contributed by atoms with E-state index in [9.17, 15) is 0 Å². The van der Waals surface area contributed by atoms with Crippen LogP contribution in [0.1, 0.15) is 13.8 Å². The van der Waals surface area contributed by atoms with Crippen molar-refractivity contribution in [2.45, 2.75) is 13.8 Å². The van der Waals surface area contributed by atoms with Gasteiger partial charge in [0.25, 0.3) is 0 Å². The molecule has 2 nitrogen and oxygen atoms in total. The highest BCUT2D eigenvalue weighted by Gasteiger charge is 2.17. The van der Waals surface area contributed by atoms with Gasteiger partial charge in [0.1, 0.15) is 0 Å². The summed E-state index contributed by atoms with van der Waals surface area (Å²) >= 11 is 25.6. The third-order valence-electron chi connectivity index (χ3n) is 3.10. The molecule has 6 heteroatoms. The van der Waals surface area contributed by atoms with E-state index in [1.54, 1.807) is 0 Å². The molecule has 0 atom stereocenters. The van der Waals surface area contributed by atoms with Crippen LogP contribution in [0.2, 0.25) is 20.1 Å². The summed E-state index contributed by atoms with van der Waals surface area (Å²) in [5.41, 5.74) is 3.00. The highest BCUT2D eigenvalue weighted by molar-refractivity contribution is 6.44. The smallest absolute Gasteiger partial charge is 0.0521 e. The lowest BCUT2D eigenvalue weighted by Crippen LogP contribution is -1.98. The molecule has 0 aliphatic carbocycles. The van der Waals surface area contributed by atoms with Gasteiger partial charge in [0, 0.05) is 35.6 Å². The van der Waals surface area contributed by atoms with Gasteiger partial charge in [-0.05, 0) is 38.1 Å². The van der Waals surface area contributed by atoms with E-state index < -0.39 is 0 Å². The Morgan fingerprint density at radius 2 is 0.909 bits per heavy atom. The number of hydrogen-bond acceptors (Lipinski definition) is 2. The maximum Gasteiger partial charge on any atom is 0.0521 e. The van der Waals surface area contributed by atoms with E-state index in [0.29, 0.717) is 31.2 Å². The van der Waals surface area contributed by atoms with Crippen LogP contribution in [0.4, 0.5) is 11.4 Å². The maximum atomic E-state index is 6.39. The third kappa shape index (κ3) is 3.75. The molecule has 0 bridgehead atoms. The fourth-order valence-electron chi connectivity index (χ4n) is 2.24. The first-order chi connectivity index (χ1) is 10.5. The number of rotatable bonds is 5. The molecule has 0 heterocycles. The van der Waals surface area contributed by atoms with Gasteiger partial charge in [0.05, 0.1) is 20.1 Å². The maximum absolute atomic E-state index is 6.39. The second kappa shape index (κ2) is 7.65. The zero-order valence-corrected chi connectivity index (χ0v) is 15.3. The SMILES string of the molecule is CCNc1cc(Cl)c(-c2c(Cl)cc(NCC)cc2Cl)c(Cl)c1. The lowest BCUT2D eigenvalue weighted by Gasteiger charge is -2.15. The molecule has 0 fully saturated rings. The summed E-state index contributed by atoms with van der Waals surface area (Å²) in [5, 5.41) is 8.37. The summed E-state index contributed by atoms with van der Waals surface area (Å²) < 4.78 is 0. The van der Waals surface area contributed by atoms with E-state index in [4.69, 9.17) is 46.4 Å². The Bertz CT molecular complexity index is 580. The summed E-state index contributed by atoms with van der Waals surface area (Å²) in [4.78, 5) is 0.